The predicted octanol–water partition coefficient (Wildman–Crippen LogP) is 1.64. The maximum Gasteiger partial charge on any atom is 0.249 e. The molecular formula is C18H32N2O3. The number of hydrogen-bond acceptors (Lipinski definition) is 4. The maximum absolute atomic E-state index is 12.4. The van der Waals surface area contributed by atoms with Gasteiger partial charge in [0, 0.05) is 19.7 Å². The van der Waals surface area contributed by atoms with Crippen LogP contribution in [-0.2, 0) is 9.53 Å². The fourth-order valence-electron chi connectivity index (χ4n) is 5.19. The van der Waals surface area contributed by atoms with E-state index in [0.29, 0.717) is 0 Å². The third kappa shape index (κ3) is 3.28. The van der Waals surface area contributed by atoms with Crippen LogP contribution >= 0.6 is 0 Å². The molecule has 2 aliphatic heterocycles. The number of hydrogen-bond donors (Lipinski definition) is 1. The quantitative estimate of drug-likeness (QED) is 0.854. The molecule has 5 nitrogen and oxygen atoms in total. The Balaban J connectivity index is 1.65. The van der Waals surface area contributed by atoms with E-state index in [0.717, 1.165) is 44.9 Å². The number of nitrogens with zero attached hydrogens (tertiary/aromatic N) is 2. The highest BCUT2D eigenvalue weighted by Crippen LogP contribution is 2.48. The standard InChI is InChI=1S/C18H32N2O3/c1-17(14-21)12-18(13-20(17)16(22)11-23-2)7-9-19(10-8-18)15-5-3-4-6-15/h15,21H,3-14H2,1-2H3. The monoisotopic (exact) mass is 324 g/mol. The summed E-state index contributed by atoms with van der Waals surface area (Å²) in [5.74, 6) is 0.0131. The molecule has 1 atom stereocenters. The predicted molar refractivity (Wildman–Crippen MR) is 89.2 cm³/mol. The number of carbonyl (C=O) groups excluding carboxylic acids is 1. The molecule has 3 fully saturated rings. The smallest absolute Gasteiger partial charge is 0.249 e. The van der Waals surface area contributed by atoms with Crippen molar-refractivity contribution in [3.8, 4) is 0 Å². The van der Waals surface area contributed by atoms with Crippen LogP contribution in [0.5, 0.6) is 0 Å². The zero-order chi connectivity index (χ0) is 16.5. The second-order valence-corrected chi connectivity index (χ2v) is 8.22. The zero-order valence-corrected chi connectivity index (χ0v) is 14.7. The second kappa shape index (κ2) is 6.69. The molecule has 1 unspecified atom stereocenters. The molecule has 3 rings (SSSR count). The van der Waals surface area contributed by atoms with Gasteiger partial charge < -0.3 is 19.6 Å². The molecule has 1 amide bonds. The van der Waals surface area contributed by atoms with Crippen LogP contribution in [0.25, 0.3) is 0 Å². The summed E-state index contributed by atoms with van der Waals surface area (Å²) in [6.45, 7) is 5.26. The molecule has 2 saturated heterocycles. The van der Waals surface area contributed by atoms with E-state index in [2.05, 4.69) is 4.90 Å². The van der Waals surface area contributed by atoms with Gasteiger partial charge in [-0.1, -0.05) is 12.8 Å². The molecule has 0 radical (unpaired) electrons. The lowest BCUT2D eigenvalue weighted by molar-refractivity contribution is -0.140. The average molecular weight is 324 g/mol. The number of ether oxygens (including phenoxy) is 1. The Hall–Kier alpha value is -0.650. The Bertz CT molecular complexity index is 428. The van der Waals surface area contributed by atoms with Crippen molar-refractivity contribution in [2.45, 2.75) is 63.5 Å². The molecule has 5 heteroatoms. The van der Waals surface area contributed by atoms with Crippen molar-refractivity contribution in [1.29, 1.82) is 0 Å². The van der Waals surface area contributed by atoms with Crippen molar-refractivity contribution in [2.75, 3.05) is 40.0 Å². The molecule has 0 aromatic rings. The summed E-state index contributed by atoms with van der Waals surface area (Å²) in [4.78, 5) is 17.0. The van der Waals surface area contributed by atoms with Crippen molar-refractivity contribution < 1.29 is 14.6 Å². The van der Waals surface area contributed by atoms with Gasteiger partial charge in [0.1, 0.15) is 6.61 Å². The van der Waals surface area contributed by atoms with Crippen LogP contribution in [0.15, 0.2) is 0 Å². The van der Waals surface area contributed by atoms with Gasteiger partial charge in [0.05, 0.1) is 12.1 Å². The minimum atomic E-state index is -0.425. The Labute approximate surface area is 140 Å². The molecule has 1 N–H and O–H groups in total. The van der Waals surface area contributed by atoms with Crippen LogP contribution in [0, 0.1) is 5.41 Å². The van der Waals surface area contributed by atoms with Crippen LogP contribution in [-0.4, -0.2) is 72.4 Å². The lowest BCUT2D eigenvalue weighted by Gasteiger charge is -2.42. The van der Waals surface area contributed by atoms with E-state index in [4.69, 9.17) is 4.74 Å². The van der Waals surface area contributed by atoms with E-state index < -0.39 is 5.54 Å². The number of likely N-dealkylation sites (tertiary alicyclic amines) is 2. The maximum atomic E-state index is 12.4. The first kappa shape index (κ1) is 17.2. The third-order valence-electron chi connectivity index (χ3n) is 6.51. The number of aliphatic hydroxyl groups excluding tert-OH is 1. The van der Waals surface area contributed by atoms with Crippen LogP contribution in [0.2, 0.25) is 0 Å². The molecule has 0 bridgehead atoms. The highest BCUT2D eigenvalue weighted by atomic mass is 16.5. The molecule has 1 aliphatic carbocycles. The summed E-state index contributed by atoms with van der Waals surface area (Å²) in [5, 5.41) is 9.91. The van der Waals surface area contributed by atoms with Gasteiger partial charge in [0.15, 0.2) is 0 Å². The molecule has 1 saturated carbocycles. The number of methoxy groups -OCH3 is 1. The Morgan fingerprint density at radius 3 is 2.48 bits per heavy atom. The van der Waals surface area contributed by atoms with Gasteiger partial charge >= 0.3 is 0 Å². The molecule has 3 aliphatic rings. The molecule has 2 heterocycles. The van der Waals surface area contributed by atoms with Crippen LogP contribution in [0.1, 0.15) is 51.9 Å². The molecule has 23 heavy (non-hydrogen) atoms. The Morgan fingerprint density at radius 1 is 1.26 bits per heavy atom. The highest BCUT2D eigenvalue weighted by Gasteiger charge is 2.53. The number of amides is 1. The van der Waals surface area contributed by atoms with Crippen LogP contribution in [0.4, 0.5) is 0 Å². The van der Waals surface area contributed by atoms with Crippen molar-refractivity contribution in [1.82, 2.24) is 9.80 Å². The Kier molecular flexibility index (Phi) is 5.00. The van der Waals surface area contributed by atoms with Gasteiger partial charge in [-0.3, -0.25) is 4.79 Å². The van der Waals surface area contributed by atoms with Gasteiger partial charge in [0.2, 0.25) is 5.91 Å². The van der Waals surface area contributed by atoms with Crippen LogP contribution in [0.3, 0.4) is 0 Å². The largest absolute Gasteiger partial charge is 0.394 e. The van der Waals surface area contributed by atoms with E-state index in [-0.39, 0.29) is 24.5 Å². The number of carbonyl (C=O) groups is 1. The van der Waals surface area contributed by atoms with E-state index in [9.17, 15) is 9.90 Å². The fourth-order valence-corrected chi connectivity index (χ4v) is 5.19. The van der Waals surface area contributed by atoms with E-state index in [1.54, 1.807) is 7.11 Å². The van der Waals surface area contributed by atoms with E-state index in [1.165, 1.54) is 25.7 Å². The Morgan fingerprint density at radius 2 is 1.91 bits per heavy atom. The average Bonchev–Trinajstić information content (AvgIpc) is 3.16. The fraction of sp³-hybridized carbons (Fsp3) is 0.944. The van der Waals surface area contributed by atoms with Crippen molar-refractivity contribution >= 4 is 5.91 Å². The molecule has 132 valence electrons. The highest BCUT2D eigenvalue weighted by molar-refractivity contribution is 5.78. The lowest BCUT2D eigenvalue weighted by atomic mass is 9.74. The summed E-state index contributed by atoms with van der Waals surface area (Å²) < 4.78 is 5.03. The minimum Gasteiger partial charge on any atom is -0.394 e. The second-order valence-electron chi connectivity index (χ2n) is 8.22. The normalized spacial score (nSPS) is 32.0. The SMILES string of the molecule is COCC(=O)N1CC2(CCN(C3CCCC3)CC2)CC1(C)CO. The first-order valence-corrected chi connectivity index (χ1v) is 9.16. The topological polar surface area (TPSA) is 53.0 Å². The van der Waals surface area contributed by atoms with Crippen molar-refractivity contribution in [3.63, 3.8) is 0 Å². The van der Waals surface area contributed by atoms with Gasteiger partial charge in [-0.2, -0.15) is 0 Å². The van der Waals surface area contributed by atoms with Gasteiger partial charge in [-0.25, -0.2) is 0 Å². The van der Waals surface area contributed by atoms with Crippen LogP contribution < -0.4 is 0 Å². The summed E-state index contributed by atoms with van der Waals surface area (Å²) in [6, 6.07) is 0.796. The van der Waals surface area contributed by atoms with E-state index in [1.807, 2.05) is 11.8 Å². The first-order chi connectivity index (χ1) is 11.0. The summed E-state index contributed by atoms with van der Waals surface area (Å²) in [6.07, 6.45) is 8.71. The summed E-state index contributed by atoms with van der Waals surface area (Å²) in [7, 11) is 1.56. The van der Waals surface area contributed by atoms with Crippen molar-refractivity contribution in [3.05, 3.63) is 0 Å². The third-order valence-corrected chi connectivity index (χ3v) is 6.51. The molecule has 0 aromatic carbocycles. The number of aliphatic hydroxyl groups is 1. The number of rotatable bonds is 4. The summed E-state index contributed by atoms with van der Waals surface area (Å²) in [5.41, 5.74) is -0.235. The van der Waals surface area contributed by atoms with Gasteiger partial charge in [0.25, 0.3) is 0 Å². The molecular weight excluding hydrogens is 292 g/mol. The van der Waals surface area contributed by atoms with Gasteiger partial charge in [-0.05, 0) is 57.5 Å². The molecule has 0 aromatic heterocycles. The minimum absolute atomic E-state index is 0.0131. The van der Waals surface area contributed by atoms with Gasteiger partial charge in [-0.15, -0.1) is 0 Å². The zero-order valence-electron chi connectivity index (χ0n) is 14.7. The number of piperidine rings is 1. The molecule has 1 spiro atoms. The lowest BCUT2D eigenvalue weighted by Crippen LogP contribution is -2.49. The first-order valence-electron chi connectivity index (χ1n) is 9.16. The van der Waals surface area contributed by atoms with E-state index >= 15 is 0 Å². The van der Waals surface area contributed by atoms with Crippen molar-refractivity contribution in [2.24, 2.45) is 5.41 Å². The summed E-state index contributed by atoms with van der Waals surface area (Å²) >= 11 is 0.